The van der Waals surface area contributed by atoms with Gasteiger partial charge in [-0.25, -0.2) is 0 Å². The van der Waals surface area contributed by atoms with Crippen LogP contribution in [0.4, 0.5) is 0 Å². The Hall–Kier alpha value is -0.830. The van der Waals surface area contributed by atoms with Crippen molar-refractivity contribution in [2.45, 2.75) is 25.7 Å². The first-order valence-corrected chi connectivity index (χ1v) is 4.72. The Labute approximate surface area is 81.7 Å². The molecule has 1 aliphatic carbocycles. The van der Waals surface area contributed by atoms with Gasteiger partial charge in [-0.3, -0.25) is 9.48 Å². The lowest BCUT2D eigenvalue weighted by Gasteiger charge is -1.94. The number of carbonyl (C=O) groups excluding carboxylic acids is 1. The Morgan fingerprint density at radius 2 is 2.23 bits per heavy atom. The zero-order chi connectivity index (χ0) is 9.59. The number of Topliss-reactive ketones (excluding diaryl/α,β-unsaturated/α-hetero) is 1. The van der Waals surface area contributed by atoms with Crippen molar-refractivity contribution in [2.75, 3.05) is 0 Å². The molecule has 2 rings (SSSR count). The monoisotopic (exact) mass is 198 g/mol. The Balaban J connectivity index is 2.54. The average molecular weight is 199 g/mol. The summed E-state index contributed by atoms with van der Waals surface area (Å²) in [6.45, 7) is 1.54. The van der Waals surface area contributed by atoms with Gasteiger partial charge in [-0.1, -0.05) is 11.6 Å². The summed E-state index contributed by atoms with van der Waals surface area (Å²) in [5.74, 6) is 0.484. The van der Waals surface area contributed by atoms with Gasteiger partial charge >= 0.3 is 0 Å². The molecule has 1 aliphatic rings. The molecule has 0 saturated heterocycles. The highest BCUT2D eigenvalue weighted by Crippen LogP contribution is 2.42. The smallest absolute Gasteiger partial charge is 0.164 e. The second kappa shape index (κ2) is 2.84. The molecule has 0 aliphatic heterocycles. The van der Waals surface area contributed by atoms with E-state index in [1.54, 1.807) is 11.7 Å². The third kappa shape index (κ3) is 1.37. The Kier molecular flexibility index (Phi) is 1.91. The molecule has 70 valence electrons. The van der Waals surface area contributed by atoms with Gasteiger partial charge in [0.1, 0.15) is 5.15 Å². The molecule has 1 aromatic heterocycles. The largest absolute Gasteiger partial charge is 0.294 e. The molecule has 0 aromatic carbocycles. The minimum Gasteiger partial charge on any atom is -0.294 e. The summed E-state index contributed by atoms with van der Waals surface area (Å²) in [6.07, 6.45) is 2.27. The van der Waals surface area contributed by atoms with Crippen LogP contribution in [-0.4, -0.2) is 15.6 Å². The van der Waals surface area contributed by atoms with Gasteiger partial charge in [0.05, 0.1) is 11.3 Å². The van der Waals surface area contributed by atoms with E-state index in [0.717, 1.165) is 18.5 Å². The summed E-state index contributed by atoms with van der Waals surface area (Å²) in [7, 11) is 1.76. The van der Waals surface area contributed by atoms with Crippen molar-refractivity contribution in [1.29, 1.82) is 0 Å². The normalized spacial score (nSPS) is 16.2. The molecule has 0 spiro atoms. The number of aryl methyl sites for hydroxylation is 1. The van der Waals surface area contributed by atoms with Crippen LogP contribution in [0.15, 0.2) is 0 Å². The number of nitrogens with zero attached hydrogens (tertiary/aromatic N) is 2. The minimum absolute atomic E-state index is 0.0139. The third-order valence-corrected chi connectivity index (χ3v) is 2.75. The zero-order valence-corrected chi connectivity index (χ0v) is 8.43. The molecule has 1 fully saturated rings. The summed E-state index contributed by atoms with van der Waals surface area (Å²) < 4.78 is 1.58. The van der Waals surface area contributed by atoms with Crippen LogP contribution < -0.4 is 0 Å². The van der Waals surface area contributed by atoms with E-state index in [4.69, 9.17) is 11.6 Å². The highest BCUT2D eigenvalue weighted by Gasteiger charge is 2.32. The van der Waals surface area contributed by atoms with E-state index in [-0.39, 0.29) is 5.78 Å². The van der Waals surface area contributed by atoms with Gasteiger partial charge in [0.25, 0.3) is 0 Å². The fraction of sp³-hybridized carbons (Fsp3) is 0.556. The van der Waals surface area contributed by atoms with Crippen molar-refractivity contribution < 1.29 is 4.79 Å². The molecule has 0 amide bonds. The summed E-state index contributed by atoms with van der Waals surface area (Å²) in [5.41, 5.74) is 1.51. The molecule has 1 saturated carbocycles. The van der Waals surface area contributed by atoms with Crippen LogP contribution in [0.5, 0.6) is 0 Å². The number of ketones is 1. The SMILES string of the molecule is CC(=O)c1c(C2CC2)nn(C)c1Cl. The lowest BCUT2D eigenvalue weighted by molar-refractivity contribution is 0.101. The lowest BCUT2D eigenvalue weighted by atomic mass is 10.1. The van der Waals surface area contributed by atoms with E-state index in [0.29, 0.717) is 16.6 Å². The Morgan fingerprint density at radius 3 is 2.69 bits per heavy atom. The van der Waals surface area contributed by atoms with Crippen LogP contribution >= 0.6 is 11.6 Å². The number of halogens is 1. The second-order valence-corrected chi connectivity index (χ2v) is 3.86. The van der Waals surface area contributed by atoms with Crippen LogP contribution in [0, 0.1) is 0 Å². The number of carbonyl (C=O) groups is 1. The summed E-state index contributed by atoms with van der Waals surface area (Å²) >= 11 is 5.96. The Morgan fingerprint density at radius 1 is 1.62 bits per heavy atom. The highest BCUT2D eigenvalue weighted by atomic mass is 35.5. The summed E-state index contributed by atoms with van der Waals surface area (Å²) in [5, 5.41) is 4.72. The third-order valence-electron chi connectivity index (χ3n) is 2.32. The van der Waals surface area contributed by atoms with Crippen LogP contribution in [0.1, 0.15) is 41.7 Å². The molecule has 0 bridgehead atoms. The van der Waals surface area contributed by atoms with Crippen LogP contribution in [-0.2, 0) is 7.05 Å². The van der Waals surface area contributed by atoms with Gasteiger partial charge in [-0.2, -0.15) is 5.10 Å². The second-order valence-electron chi connectivity index (χ2n) is 3.51. The van der Waals surface area contributed by atoms with E-state index in [9.17, 15) is 4.79 Å². The molecule has 0 atom stereocenters. The molecule has 1 heterocycles. The molecule has 1 aromatic rings. The van der Waals surface area contributed by atoms with Gasteiger partial charge in [0.15, 0.2) is 5.78 Å². The Bertz CT molecular complexity index is 366. The minimum atomic E-state index is 0.0139. The van der Waals surface area contributed by atoms with Gasteiger partial charge in [-0.15, -0.1) is 0 Å². The lowest BCUT2D eigenvalue weighted by Crippen LogP contribution is -1.95. The van der Waals surface area contributed by atoms with E-state index in [2.05, 4.69) is 5.10 Å². The summed E-state index contributed by atoms with van der Waals surface area (Å²) in [4.78, 5) is 11.3. The first-order chi connectivity index (χ1) is 6.11. The standard InChI is InChI=1S/C9H11ClN2O/c1-5(13)7-8(6-3-4-6)11-12(2)9(7)10/h6H,3-4H2,1-2H3. The molecular weight excluding hydrogens is 188 g/mol. The van der Waals surface area contributed by atoms with Crippen molar-refractivity contribution in [3.63, 3.8) is 0 Å². The van der Waals surface area contributed by atoms with E-state index >= 15 is 0 Å². The first-order valence-electron chi connectivity index (χ1n) is 4.34. The number of hydrogen-bond donors (Lipinski definition) is 0. The van der Waals surface area contributed by atoms with Crippen LogP contribution in [0.25, 0.3) is 0 Å². The maximum absolute atomic E-state index is 11.3. The van der Waals surface area contributed by atoms with Gasteiger partial charge in [0, 0.05) is 13.0 Å². The fourth-order valence-electron chi connectivity index (χ4n) is 1.49. The van der Waals surface area contributed by atoms with Crippen molar-refractivity contribution in [3.05, 3.63) is 16.4 Å². The highest BCUT2D eigenvalue weighted by molar-refractivity contribution is 6.33. The van der Waals surface area contributed by atoms with Crippen molar-refractivity contribution in [3.8, 4) is 0 Å². The molecule has 0 radical (unpaired) electrons. The van der Waals surface area contributed by atoms with E-state index in [1.807, 2.05) is 0 Å². The van der Waals surface area contributed by atoms with Crippen LogP contribution in [0.2, 0.25) is 5.15 Å². The predicted molar refractivity (Wildman–Crippen MR) is 50.2 cm³/mol. The fourth-order valence-corrected chi connectivity index (χ4v) is 1.76. The maximum atomic E-state index is 11.3. The van der Waals surface area contributed by atoms with E-state index < -0.39 is 0 Å². The maximum Gasteiger partial charge on any atom is 0.164 e. The number of aromatic nitrogens is 2. The number of rotatable bonds is 2. The average Bonchev–Trinajstić information content (AvgIpc) is 2.80. The molecular formula is C9H11ClN2O. The number of hydrogen-bond acceptors (Lipinski definition) is 2. The zero-order valence-electron chi connectivity index (χ0n) is 7.67. The molecule has 13 heavy (non-hydrogen) atoms. The molecule has 0 unspecified atom stereocenters. The summed E-state index contributed by atoms with van der Waals surface area (Å²) in [6, 6.07) is 0. The molecule has 4 heteroatoms. The van der Waals surface area contributed by atoms with Crippen LogP contribution in [0.3, 0.4) is 0 Å². The van der Waals surface area contributed by atoms with Gasteiger partial charge in [-0.05, 0) is 19.8 Å². The van der Waals surface area contributed by atoms with Crippen molar-refractivity contribution in [1.82, 2.24) is 9.78 Å². The van der Waals surface area contributed by atoms with Gasteiger partial charge < -0.3 is 0 Å². The first kappa shape index (κ1) is 8.75. The molecule has 0 N–H and O–H groups in total. The predicted octanol–water partition coefficient (Wildman–Crippen LogP) is 2.15. The van der Waals surface area contributed by atoms with E-state index in [1.165, 1.54) is 6.92 Å². The van der Waals surface area contributed by atoms with Crippen molar-refractivity contribution >= 4 is 17.4 Å². The quantitative estimate of drug-likeness (QED) is 0.683. The van der Waals surface area contributed by atoms with Gasteiger partial charge in [0.2, 0.25) is 0 Å². The van der Waals surface area contributed by atoms with Crippen molar-refractivity contribution in [2.24, 2.45) is 7.05 Å². The molecule has 3 nitrogen and oxygen atoms in total. The topological polar surface area (TPSA) is 34.9 Å².